The molecule has 4 heteroatoms. The number of benzene rings is 1. The van der Waals surface area contributed by atoms with Crippen LogP contribution in [0.3, 0.4) is 0 Å². The number of carbonyl (C=O) groups is 1. The van der Waals surface area contributed by atoms with E-state index in [2.05, 4.69) is 21.2 Å². The zero-order valence-electron chi connectivity index (χ0n) is 11.9. The molecule has 106 valence electrons. The van der Waals surface area contributed by atoms with Crippen molar-refractivity contribution in [1.82, 2.24) is 5.32 Å². The standard InChI is InChI=1S/C15H22BrNO2/c1-5-13(16)15(18)17-11(4)12-8-6-7-9-14(12)19-10(2)3/h6-11,13H,5H2,1-4H3,(H,17,18). The number of hydrogen-bond acceptors (Lipinski definition) is 2. The van der Waals surface area contributed by atoms with Gasteiger partial charge in [-0.1, -0.05) is 41.1 Å². The predicted molar refractivity (Wildman–Crippen MR) is 81.8 cm³/mol. The summed E-state index contributed by atoms with van der Waals surface area (Å²) in [6.07, 6.45) is 0.881. The number of halogens is 1. The Bertz CT molecular complexity index is 420. The Morgan fingerprint density at radius 3 is 2.53 bits per heavy atom. The maximum atomic E-state index is 11.9. The van der Waals surface area contributed by atoms with Gasteiger partial charge in [-0.2, -0.15) is 0 Å². The summed E-state index contributed by atoms with van der Waals surface area (Å²) in [5, 5.41) is 2.99. The second-order valence-electron chi connectivity index (χ2n) is 4.81. The van der Waals surface area contributed by atoms with Gasteiger partial charge in [0.05, 0.1) is 17.0 Å². The first kappa shape index (κ1) is 16.0. The summed E-state index contributed by atoms with van der Waals surface area (Å²) in [4.78, 5) is 11.7. The topological polar surface area (TPSA) is 38.3 Å². The molecule has 0 aromatic heterocycles. The van der Waals surface area contributed by atoms with Crippen LogP contribution in [0.4, 0.5) is 0 Å². The van der Waals surface area contributed by atoms with Crippen LogP contribution in [0.5, 0.6) is 5.75 Å². The first-order valence-electron chi connectivity index (χ1n) is 6.65. The van der Waals surface area contributed by atoms with Crippen LogP contribution in [-0.2, 0) is 4.79 Å². The molecule has 0 aliphatic carbocycles. The van der Waals surface area contributed by atoms with Crippen LogP contribution in [-0.4, -0.2) is 16.8 Å². The van der Waals surface area contributed by atoms with Crippen molar-refractivity contribution in [2.45, 2.75) is 51.1 Å². The normalized spacial score (nSPS) is 14.0. The molecule has 0 saturated carbocycles. The van der Waals surface area contributed by atoms with Gasteiger partial charge in [-0.15, -0.1) is 0 Å². The quantitative estimate of drug-likeness (QED) is 0.806. The zero-order valence-corrected chi connectivity index (χ0v) is 13.5. The lowest BCUT2D eigenvalue weighted by Crippen LogP contribution is -2.33. The molecular weight excluding hydrogens is 306 g/mol. The second kappa shape index (κ2) is 7.53. The second-order valence-corrected chi connectivity index (χ2v) is 5.92. The van der Waals surface area contributed by atoms with Gasteiger partial charge in [-0.25, -0.2) is 0 Å². The van der Waals surface area contributed by atoms with Crippen molar-refractivity contribution in [3.63, 3.8) is 0 Å². The van der Waals surface area contributed by atoms with E-state index < -0.39 is 0 Å². The first-order chi connectivity index (χ1) is 8.95. The third kappa shape index (κ3) is 4.86. The Labute approximate surface area is 123 Å². The fourth-order valence-electron chi connectivity index (χ4n) is 1.77. The molecule has 0 radical (unpaired) electrons. The van der Waals surface area contributed by atoms with Crippen LogP contribution in [0, 0.1) is 0 Å². The van der Waals surface area contributed by atoms with Crippen LogP contribution in [0.2, 0.25) is 0 Å². The summed E-state index contributed by atoms with van der Waals surface area (Å²) in [6.45, 7) is 7.92. The van der Waals surface area contributed by atoms with Crippen LogP contribution >= 0.6 is 15.9 Å². The van der Waals surface area contributed by atoms with Crippen molar-refractivity contribution in [2.75, 3.05) is 0 Å². The van der Waals surface area contributed by atoms with Crippen LogP contribution in [0.15, 0.2) is 24.3 Å². The molecule has 19 heavy (non-hydrogen) atoms. The maximum absolute atomic E-state index is 11.9. The van der Waals surface area contributed by atoms with Crippen LogP contribution < -0.4 is 10.1 Å². The van der Waals surface area contributed by atoms with Crippen molar-refractivity contribution in [2.24, 2.45) is 0 Å². The average molecular weight is 328 g/mol. The molecule has 0 aliphatic heterocycles. The minimum atomic E-state index is -0.145. The average Bonchev–Trinajstić information content (AvgIpc) is 2.37. The number of alkyl halides is 1. The van der Waals surface area contributed by atoms with Gasteiger partial charge in [0.2, 0.25) is 5.91 Å². The Kier molecular flexibility index (Phi) is 6.35. The van der Waals surface area contributed by atoms with Gasteiger partial charge in [0.15, 0.2) is 0 Å². The first-order valence-corrected chi connectivity index (χ1v) is 7.57. The fourth-order valence-corrected chi connectivity index (χ4v) is 1.90. The van der Waals surface area contributed by atoms with Crippen molar-refractivity contribution >= 4 is 21.8 Å². The molecule has 1 N–H and O–H groups in total. The Morgan fingerprint density at radius 2 is 1.95 bits per heavy atom. The number of amides is 1. The Morgan fingerprint density at radius 1 is 1.32 bits per heavy atom. The number of hydrogen-bond donors (Lipinski definition) is 1. The molecule has 0 saturated heterocycles. The summed E-state index contributed by atoms with van der Waals surface area (Å²) >= 11 is 3.36. The third-order valence-corrected chi connectivity index (χ3v) is 3.81. The number of nitrogens with one attached hydrogen (secondary N) is 1. The molecule has 1 amide bonds. The minimum absolute atomic E-state index is 0.00866. The molecule has 0 bridgehead atoms. The number of ether oxygens (including phenoxy) is 1. The molecule has 0 aliphatic rings. The van der Waals surface area contributed by atoms with Gasteiger partial charge in [-0.05, 0) is 33.3 Å². The van der Waals surface area contributed by atoms with E-state index in [9.17, 15) is 4.79 Å². The molecular formula is C15H22BrNO2. The van der Waals surface area contributed by atoms with Crippen molar-refractivity contribution in [1.29, 1.82) is 0 Å². The Balaban J connectivity index is 2.81. The van der Waals surface area contributed by atoms with E-state index in [0.717, 1.165) is 17.7 Å². The molecule has 0 fully saturated rings. The highest BCUT2D eigenvalue weighted by Gasteiger charge is 2.18. The number of rotatable bonds is 6. The highest BCUT2D eigenvalue weighted by Crippen LogP contribution is 2.26. The van der Waals surface area contributed by atoms with Gasteiger partial charge in [0.1, 0.15) is 5.75 Å². The van der Waals surface area contributed by atoms with E-state index in [1.807, 2.05) is 52.0 Å². The SMILES string of the molecule is CCC(Br)C(=O)NC(C)c1ccccc1OC(C)C. The number of carbonyl (C=O) groups excluding carboxylic acids is 1. The summed E-state index contributed by atoms with van der Waals surface area (Å²) < 4.78 is 5.77. The van der Waals surface area contributed by atoms with E-state index in [4.69, 9.17) is 4.74 Å². The lowest BCUT2D eigenvalue weighted by molar-refractivity contribution is -0.121. The maximum Gasteiger partial charge on any atom is 0.234 e. The van der Waals surface area contributed by atoms with Gasteiger partial charge in [-0.3, -0.25) is 4.79 Å². The van der Waals surface area contributed by atoms with Crippen LogP contribution in [0.1, 0.15) is 45.7 Å². The van der Waals surface area contributed by atoms with E-state index >= 15 is 0 Å². The summed E-state index contributed by atoms with van der Waals surface area (Å²) in [6, 6.07) is 7.74. The van der Waals surface area contributed by atoms with Crippen LogP contribution in [0.25, 0.3) is 0 Å². The number of para-hydroxylation sites is 1. The molecule has 0 heterocycles. The lowest BCUT2D eigenvalue weighted by Gasteiger charge is -2.20. The lowest BCUT2D eigenvalue weighted by atomic mass is 10.1. The van der Waals surface area contributed by atoms with Crippen molar-refractivity contribution in [3.05, 3.63) is 29.8 Å². The Hall–Kier alpha value is -1.03. The van der Waals surface area contributed by atoms with Crippen molar-refractivity contribution < 1.29 is 9.53 Å². The minimum Gasteiger partial charge on any atom is -0.491 e. The summed E-state index contributed by atoms with van der Waals surface area (Å²) in [5.74, 6) is 0.835. The smallest absolute Gasteiger partial charge is 0.234 e. The molecule has 1 aromatic carbocycles. The van der Waals surface area contributed by atoms with Gasteiger partial charge < -0.3 is 10.1 Å². The fraction of sp³-hybridized carbons (Fsp3) is 0.533. The molecule has 1 aromatic rings. The summed E-state index contributed by atoms with van der Waals surface area (Å²) in [5.41, 5.74) is 1.00. The monoisotopic (exact) mass is 327 g/mol. The van der Waals surface area contributed by atoms with Gasteiger partial charge >= 0.3 is 0 Å². The van der Waals surface area contributed by atoms with E-state index in [-0.39, 0.29) is 22.9 Å². The van der Waals surface area contributed by atoms with E-state index in [1.54, 1.807) is 0 Å². The third-order valence-electron chi connectivity index (χ3n) is 2.75. The predicted octanol–water partition coefficient (Wildman–Crippen LogP) is 3.82. The van der Waals surface area contributed by atoms with Crippen molar-refractivity contribution in [3.8, 4) is 5.75 Å². The molecule has 2 unspecified atom stereocenters. The molecule has 1 rings (SSSR count). The molecule has 0 spiro atoms. The highest BCUT2D eigenvalue weighted by molar-refractivity contribution is 9.10. The van der Waals surface area contributed by atoms with Gasteiger partial charge in [0.25, 0.3) is 0 Å². The van der Waals surface area contributed by atoms with Gasteiger partial charge in [0, 0.05) is 5.56 Å². The molecule has 3 nitrogen and oxygen atoms in total. The highest BCUT2D eigenvalue weighted by atomic mass is 79.9. The van der Waals surface area contributed by atoms with E-state index in [1.165, 1.54) is 0 Å². The van der Waals surface area contributed by atoms with E-state index in [0.29, 0.717) is 0 Å². The zero-order chi connectivity index (χ0) is 14.4. The molecule has 2 atom stereocenters. The summed E-state index contributed by atoms with van der Waals surface area (Å²) in [7, 11) is 0. The largest absolute Gasteiger partial charge is 0.491 e.